The Morgan fingerprint density at radius 2 is 2.05 bits per heavy atom. The first-order valence-corrected chi connectivity index (χ1v) is 7.35. The van der Waals surface area contributed by atoms with Crippen LogP contribution in [0.1, 0.15) is 17.5 Å². The molecule has 1 aliphatic rings. The highest BCUT2D eigenvalue weighted by Gasteiger charge is 2.12. The molecule has 2 aromatic rings. The zero-order valence-electron chi connectivity index (χ0n) is 10.7. The van der Waals surface area contributed by atoms with Crippen molar-refractivity contribution in [2.45, 2.75) is 19.4 Å². The fourth-order valence-electron chi connectivity index (χ4n) is 2.42. The van der Waals surface area contributed by atoms with Gasteiger partial charge >= 0.3 is 0 Å². The molecule has 2 aromatic carbocycles. The number of aryl methyl sites for hydroxylation is 1. The number of hydrogen-bond acceptors (Lipinski definition) is 2. The van der Waals surface area contributed by atoms with E-state index in [1.54, 1.807) is 0 Å². The number of ether oxygens (including phenoxy) is 1. The van der Waals surface area contributed by atoms with Crippen LogP contribution in [0.4, 0.5) is 5.69 Å². The fraction of sp³-hybridized carbons (Fsp3) is 0.250. The molecule has 0 amide bonds. The second kappa shape index (κ2) is 5.66. The van der Waals surface area contributed by atoms with Gasteiger partial charge in [-0.3, -0.25) is 0 Å². The van der Waals surface area contributed by atoms with Gasteiger partial charge in [0.05, 0.1) is 0 Å². The molecule has 3 rings (SSSR count). The molecule has 0 saturated carbocycles. The molecule has 98 valence electrons. The number of hydrogen-bond donors (Lipinski definition) is 1. The van der Waals surface area contributed by atoms with E-state index in [-0.39, 0.29) is 0 Å². The maximum absolute atomic E-state index is 5.87. The predicted molar refractivity (Wildman–Crippen MR) is 81.7 cm³/mol. The minimum absolute atomic E-state index is 0.604. The normalized spacial score (nSPS) is 13.5. The van der Waals surface area contributed by atoms with Gasteiger partial charge in [0.25, 0.3) is 0 Å². The third-order valence-electron chi connectivity index (χ3n) is 3.35. The zero-order chi connectivity index (χ0) is 13.1. The highest BCUT2D eigenvalue weighted by molar-refractivity contribution is 9.10. The lowest BCUT2D eigenvalue weighted by molar-refractivity contribution is 0.306. The van der Waals surface area contributed by atoms with Gasteiger partial charge in [-0.1, -0.05) is 40.2 Å². The van der Waals surface area contributed by atoms with E-state index in [0.717, 1.165) is 23.2 Å². The Bertz CT molecular complexity index is 583. The van der Waals surface area contributed by atoms with Gasteiger partial charge in [-0.25, -0.2) is 0 Å². The summed E-state index contributed by atoms with van der Waals surface area (Å²) in [5, 5.41) is 3.49. The van der Waals surface area contributed by atoms with Crippen molar-refractivity contribution < 1.29 is 4.74 Å². The molecule has 0 atom stereocenters. The summed E-state index contributed by atoms with van der Waals surface area (Å²) in [5.74, 6) is 0.891. The number of anilines is 1. The van der Waals surface area contributed by atoms with Crippen molar-refractivity contribution in [2.24, 2.45) is 0 Å². The van der Waals surface area contributed by atoms with Crippen molar-refractivity contribution in [3.8, 4) is 5.75 Å². The summed E-state index contributed by atoms with van der Waals surface area (Å²) in [6, 6.07) is 14.4. The van der Waals surface area contributed by atoms with Gasteiger partial charge in [-0.05, 0) is 36.6 Å². The Morgan fingerprint density at radius 1 is 1.16 bits per heavy atom. The van der Waals surface area contributed by atoms with Crippen molar-refractivity contribution in [1.29, 1.82) is 0 Å². The summed E-state index contributed by atoms with van der Waals surface area (Å²) < 4.78 is 6.91. The SMILES string of the molecule is Brc1cccc(OCc2cccc3c2NCCC3)c1. The molecule has 0 bridgehead atoms. The average Bonchev–Trinajstić information content (AvgIpc) is 2.45. The summed E-state index contributed by atoms with van der Waals surface area (Å²) in [7, 11) is 0. The van der Waals surface area contributed by atoms with E-state index in [0.29, 0.717) is 6.61 Å². The maximum Gasteiger partial charge on any atom is 0.120 e. The van der Waals surface area contributed by atoms with Crippen molar-refractivity contribution >= 4 is 21.6 Å². The third-order valence-corrected chi connectivity index (χ3v) is 3.85. The van der Waals surface area contributed by atoms with E-state index >= 15 is 0 Å². The fourth-order valence-corrected chi connectivity index (χ4v) is 2.80. The summed E-state index contributed by atoms with van der Waals surface area (Å²) in [6.45, 7) is 1.66. The van der Waals surface area contributed by atoms with Gasteiger partial charge < -0.3 is 10.1 Å². The standard InChI is InChI=1S/C16H16BrNO/c17-14-7-2-8-15(10-14)19-11-13-5-1-4-12-6-3-9-18-16(12)13/h1-2,4-5,7-8,10,18H,3,6,9,11H2. The van der Waals surface area contributed by atoms with Crippen LogP contribution in [0.25, 0.3) is 0 Å². The molecule has 19 heavy (non-hydrogen) atoms. The highest BCUT2D eigenvalue weighted by Crippen LogP contribution is 2.27. The minimum atomic E-state index is 0.604. The topological polar surface area (TPSA) is 21.3 Å². The monoisotopic (exact) mass is 317 g/mol. The molecule has 2 nitrogen and oxygen atoms in total. The first-order valence-electron chi connectivity index (χ1n) is 6.56. The number of fused-ring (bicyclic) bond motifs is 1. The van der Waals surface area contributed by atoms with E-state index in [4.69, 9.17) is 4.74 Å². The first-order chi connectivity index (χ1) is 9.33. The molecular weight excluding hydrogens is 302 g/mol. The van der Waals surface area contributed by atoms with Gasteiger partial charge in [0.2, 0.25) is 0 Å². The van der Waals surface area contributed by atoms with Crippen molar-refractivity contribution in [1.82, 2.24) is 0 Å². The van der Waals surface area contributed by atoms with Gasteiger partial charge in [0, 0.05) is 22.3 Å². The third kappa shape index (κ3) is 2.92. The molecular formula is C16H16BrNO. The number of para-hydroxylation sites is 1. The van der Waals surface area contributed by atoms with Gasteiger partial charge in [0.1, 0.15) is 12.4 Å². The summed E-state index contributed by atoms with van der Waals surface area (Å²) >= 11 is 3.46. The predicted octanol–water partition coefficient (Wildman–Crippen LogP) is 4.39. The van der Waals surface area contributed by atoms with Crippen LogP contribution in [0, 0.1) is 0 Å². The number of benzene rings is 2. The summed E-state index contributed by atoms with van der Waals surface area (Å²) in [5.41, 5.74) is 3.91. The lowest BCUT2D eigenvalue weighted by Crippen LogP contribution is -2.14. The van der Waals surface area contributed by atoms with E-state index in [1.165, 1.54) is 23.2 Å². The molecule has 0 radical (unpaired) electrons. The second-order valence-corrected chi connectivity index (χ2v) is 5.64. The molecule has 0 spiro atoms. The van der Waals surface area contributed by atoms with Crippen LogP contribution >= 0.6 is 15.9 Å². The Hall–Kier alpha value is -1.48. The molecule has 1 aliphatic heterocycles. The van der Waals surface area contributed by atoms with Crippen molar-refractivity contribution in [3.05, 3.63) is 58.1 Å². The number of nitrogens with one attached hydrogen (secondary N) is 1. The van der Waals surface area contributed by atoms with E-state index in [9.17, 15) is 0 Å². The first kappa shape index (κ1) is 12.5. The van der Waals surface area contributed by atoms with Crippen LogP contribution in [0.15, 0.2) is 46.9 Å². The second-order valence-electron chi connectivity index (χ2n) is 4.73. The molecule has 0 unspecified atom stereocenters. The largest absolute Gasteiger partial charge is 0.489 e. The van der Waals surface area contributed by atoms with Gasteiger partial charge in [-0.15, -0.1) is 0 Å². The highest BCUT2D eigenvalue weighted by atomic mass is 79.9. The Morgan fingerprint density at radius 3 is 2.95 bits per heavy atom. The minimum Gasteiger partial charge on any atom is -0.489 e. The van der Waals surface area contributed by atoms with Crippen LogP contribution in [0.3, 0.4) is 0 Å². The summed E-state index contributed by atoms with van der Waals surface area (Å²) in [6.07, 6.45) is 2.37. The van der Waals surface area contributed by atoms with E-state index < -0.39 is 0 Å². The van der Waals surface area contributed by atoms with Crippen molar-refractivity contribution in [3.63, 3.8) is 0 Å². The van der Waals surface area contributed by atoms with Crippen LogP contribution in [-0.4, -0.2) is 6.54 Å². The zero-order valence-corrected chi connectivity index (χ0v) is 12.2. The van der Waals surface area contributed by atoms with Crippen molar-refractivity contribution in [2.75, 3.05) is 11.9 Å². The van der Waals surface area contributed by atoms with Gasteiger partial charge in [-0.2, -0.15) is 0 Å². The molecule has 3 heteroatoms. The maximum atomic E-state index is 5.87. The van der Waals surface area contributed by atoms with Gasteiger partial charge in [0.15, 0.2) is 0 Å². The van der Waals surface area contributed by atoms with E-state index in [2.05, 4.69) is 39.4 Å². The average molecular weight is 318 g/mol. The molecule has 0 fully saturated rings. The molecule has 1 heterocycles. The molecule has 0 saturated heterocycles. The lowest BCUT2D eigenvalue weighted by atomic mass is 10.00. The Labute approximate surface area is 121 Å². The summed E-state index contributed by atoms with van der Waals surface area (Å²) in [4.78, 5) is 0. The van der Waals surface area contributed by atoms with Crippen LogP contribution in [0.5, 0.6) is 5.75 Å². The van der Waals surface area contributed by atoms with Crippen LogP contribution in [-0.2, 0) is 13.0 Å². The lowest BCUT2D eigenvalue weighted by Gasteiger charge is -2.21. The number of halogens is 1. The van der Waals surface area contributed by atoms with Crippen LogP contribution in [0.2, 0.25) is 0 Å². The Kier molecular flexibility index (Phi) is 3.74. The molecule has 0 aliphatic carbocycles. The molecule has 0 aromatic heterocycles. The van der Waals surface area contributed by atoms with E-state index in [1.807, 2.05) is 24.3 Å². The van der Waals surface area contributed by atoms with Crippen LogP contribution < -0.4 is 10.1 Å². The Balaban J connectivity index is 1.77. The molecule has 1 N–H and O–H groups in total. The smallest absolute Gasteiger partial charge is 0.120 e. The number of rotatable bonds is 3. The quantitative estimate of drug-likeness (QED) is 0.906.